The first kappa shape index (κ1) is 15.6. The standard InChI is InChI=1S/C16H23NO4/c1-11-8-9-14(20-11)16(19)21-12(2)15(18)17-10-13-6-4-3-5-7-13/h8-9,12-13H,3-7,10H2,1-2H3,(H,17,18). The van der Waals surface area contributed by atoms with Crippen LogP contribution in [-0.4, -0.2) is 24.5 Å². The van der Waals surface area contributed by atoms with Crippen molar-refractivity contribution in [2.75, 3.05) is 6.54 Å². The van der Waals surface area contributed by atoms with Crippen molar-refractivity contribution in [1.82, 2.24) is 5.32 Å². The maximum atomic E-state index is 11.9. The summed E-state index contributed by atoms with van der Waals surface area (Å²) >= 11 is 0. The Balaban J connectivity index is 1.75. The first-order valence-corrected chi connectivity index (χ1v) is 7.61. The highest BCUT2D eigenvalue weighted by molar-refractivity contribution is 5.90. The summed E-state index contributed by atoms with van der Waals surface area (Å²) in [5.41, 5.74) is 0. The molecule has 2 rings (SSSR count). The second-order valence-corrected chi connectivity index (χ2v) is 5.71. The van der Waals surface area contributed by atoms with Crippen LogP contribution in [0.5, 0.6) is 0 Å². The molecule has 1 aliphatic rings. The van der Waals surface area contributed by atoms with Crippen LogP contribution in [0, 0.1) is 12.8 Å². The molecule has 1 fully saturated rings. The van der Waals surface area contributed by atoms with Gasteiger partial charge in [0.05, 0.1) is 0 Å². The Hall–Kier alpha value is -1.78. The van der Waals surface area contributed by atoms with E-state index in [1.807, 2.05) is 0 Å². The molecular weight excluding hydrogens is 270 g/mol. The summed E-state index contributed by atoms with van der Waals surface area (Å²) in [6.45, 7) is 3.99. The molecule has 116 valence electrons. The van der Waals surface area contributed by atoms with Crippen molar-refractivity contribution in [3.63, 3.8) is 0 Å². The van der Waals surface area contributed by atoms with E-state index in [1.54, 1.807) is 26.0 Å². The molecular formula is C16H23NO4. The fraction of sp³-hybridized carbons (Fsp3) is 0.625. The van der Waals surface area contributed by atoms with Gasteiger partial charge in [0.25, 0.3) is 5.91 Å². The summed E-state index contributed by atoms with van der Waals surface area (Å²) in [5, 5.41) is 2.87. The van der Waals surface area contributed by atoms with Crippen molar-refractivity contribution >= 4 is 11.9 Å². The maximum absolute atomic E-state index is 11.9. The Morgan fingerprint density at radius 2 is 2.05 bits per heavy atom. The smallest absolute Gasteiger partial charge is 0.375 e. The minimum Gasteiger partial charge on any atom is -0.454 e. The van der Waals surface area contributed by atoms with Gasteiger partial charge in [0.2, 0.25) is 5.76 Å². The SMILES string of the molecule is Cc1ccc(C(=O)OC(C)C(=O)NCC2CCCCC2)o1. The molecule has 5 nitrogen and oxygen atoms in total. The molecule has 1 amide bonds. The first-order chi connectivity index (χ1) is 10.1. The van der Waals surface area contributed by atoms with E-state index < -0.39 is 12.1 Å². The molecule has 0 bridgehead atoms. The minimum atomic E-state index is -0.813. The summed E-state index contributed by atoms with van der Waals surface area (Å²) in [4.78, 5) is 23.7. The number of rotatable bonds is 5. The van der Waals surface area contributed by atoms with Crippen LogP contribution in [0.15, 0.2) is 16.5 Å². The van der Waals surface area contributed by atoms with E-state index >= 15 is 0 Å². The minimum absolute atomic E-state index is 0.124. The van der Waals surface area contributed by atoms with Gasteiger partial charge in [-0.05, 0) is 44.7 Å². The molecule has 1 aromatic rings. The molecule has 1 atom stereocenters. The number of hydrogen-bond acceptors (Lipinski definition) is 4. The zero-order valence-corrected chi connectivity index (χ0v) is 12.7. The van der Waals surface area contributed by atoms with E-state index in [-0.39, 0.29) is 11.7 Å². The molecule has 1 heterocycles. The van der Waals surface area contributed by atoms with Gasteiger partial charge in [0, 0.05) is 6.54 Å². The number of furan rings is 1. The largest absolute Gasteiger partial charge is 0.454 e. The Morgan fingerprint density at radius 3 is 2.67 bits per heavy atom. The third kappa shape index (κ3) is 4.62. The zero-order valence-electron chi connectivity index (χ0n) is 12.7. The van der Waals surface area contributed by atoms with E-state index in [1.165, 1.54) is 32.1 Å². The summed E-state index contributed by atoms with van der Waals surface area (Å²) in [5.74, 6) is 0.453. The average molecular weight is 293 g/mol. The van der Waals surface area contributed by atoms with Crippen LogP contribution < -0.4 is 5.32 Å². The Morgan fingerprint density at radius 1 is 1.33 bits per heavy atom. The molecule has 1 N–H and O–H groups in total. The van der Waals surface area contributed by atoms with Crippen molar-refractivity contribution in [3.8, 4) is 0 Å². The number of carbonyl (C=O) groups is 2. The Bertz CT molecular complexity index is 488. The fourth-order valence-electron chi connectivity index (χ4n) is 2.60. The van der Waals surface area contributed by atoms with E-state index in [2.05, 4.69) is 5.32 Å². The highest BCUT2D eigenvalue weighted by Crippen LogP contribution is 2.22. The predicted molar refractivity (Wildman–Crippen MR) is 77.9 cm³/mol. The number of carbonyl (C=O) groups excluding carboxylic acids is 2. The van der Waals surface area contributed by atoms with Crippen LogP contribution >= 0.6 is 0 Å². The predicted octanol–water partition coefficient (Wildman–Crippen LogP) is 2.83. The molecule has 0 saturated heterocycles. The van der Waals surface area contributed by atoms with Crippen molar-refractivity contribution in [2.24, 2.45) is 5.92 Å². The molecule has 0 spiro atoms. The molecule has 1 saturated carbocycles. The Kier molecular flexibility index (Phi) is 5.42. The number of amides is 1. The lowest BCUT2D eigenvalue weighted by Gasteiger charge is -2.22. The van der Waals surface area contributed by atoms with Crippen LogP contribution in [-0.2, 0) is 9.53 Å². The number of ether oxygens (including phenoxy) is 1. The van der Waals surface area contributed by atoms with Gasteiger partial charge in [0.1, 0.15) is 5.76 Å². The average Bonchev–Trinajstić information content (AvgIpc) is 2.92. The number of esters is 1. The van der Waals surface area contributed by atoms with Gasteiger partial charge in [0.15, 0.2) is 6.10 Å². The second-order valence-electron chi connectivity index (χ2n) is 5.71. The molecule has 21 heavy (non-hydrogen) atoms. The van der Waals surface area contributed by atoms with Crippen LogP contribution in [0.3, 0.4) is 0 Å². The van der Waals surface area contributed by atoms with Crippen molar-refractivity contribution in [2.45, 2.75) is 52.1 Å². The molecule has 1 aromatic heterocycles. The highest BCUT2D eigenvalue weighted by atomic mass is 16.6. The van der Waals surface area contributed by atoms with Crippen molar-refractivity contribution < 1.29 is 18.7 Å². The summed E-state index contributed by atoms with van der Waals surface area (Å²) in [6.07, 6.45) is 5.29. The molecule has 0 radical (unpaired) electrons. The molecule has 5 heteroatoms. The molecule has 0 aliphatic heterocycles. The lowest BCUT2D eigenvalue weighted by molar-refractivity contribution is -0.129. The number of aryl methyl sites for hydroxylation is 1. The van der Waals surface area contributed by atoms with Gasteiger partial charge in [-0.1, -0.05) is 19.3 Å². The van der Waals surface area contributed by atoms with Gasteiger partial charge in [-0.15, -0.1) is 0 Å². The van der Waals surface area contributed by atoms with Gasteiger partial charge in [-0.3, -0.25) is 4.79 Å². The normalized spacial score (nSPS) is 17.2. The topological polar surface area (TPSA) is 68.5 Å². The fourth-order valence-corrected chi connectivity index (χ4v) is 2.60. The number of nitrogens with one attached hydrogen (secondary N) is 1. The zero-order chi connectivity index (χ0) is 15.2. The quantitative estimate of drug-likeness (QED) is 0.848. The van der Waals surface area contributed by atoms with Crippen molar-refractivity contribution in [1.29, 1.82) is 0 Å². The highest BCUT2D eigenvalue weighted by Gasteiger charge is 2.22. The van der Waals surface area contributed by atoms with Gasteiger partial charge < -0.3 is 14.5 Å². The summed E-state index contributed by atoms with van der Waals surface area (Å²) in [6, 6.07) is 3.23. The third-order valence-corrected chi connectivity index (χ3v) is 3.88. The van der Waals surface area contributed by atoms with Gasteiger partial charge >= 0.3 is 5.97 Å². The van der Waals surface area contributed by atoms with Crippen LogP contribution in [0.1, 0.15) is 55.3 Å². The van der Waals surface area contributed by atoms with E-state index in [0.29, 0.717) is 18.2 Å². The summed E-state index contributed by atoms with van der Waals surface area (Å²) < 4.78 is 10.3. The molecule has 0 aromatic carbocycles. The van der Waals surface area contributed by atoms with Crippen LogP contribution in [0.2, 0.25) is 0 Å². The van der Waals surface area contributed by atoms with Crippen LogP contribution in [0.4, 0.5) is 0 Å². The first-order valence-electron chi connectivity index (χ1n) is 7.61. The van der Waals surface area contributed by atoms with E-state index in [4.69, 9.17) is 9.15 Å². The lowest BCUT2D eigenvalue weighted by Crippen LogP contribution is -2.38. The molecule has 1 unspecified atom stereocenters. The summed E-state index contributed by atoms with van der Waals surface area (Å²) in [7, 11) is 0. The second kappa shape index (κ2) is 7.29. The van der Waals surface area contributed by atoms with E-state index in [0.717, 1.165) is 0 Å². The number of hydrogen-bond donors (Lipinski definition) is 1. The van der Waals surface area contributed by atoms with Crippen molar-refractivity contribution in [3.05, 3.63) is 23.7 Å². The lowest BCUT2D eigenvalue weighted by atomic mass is 9.89. The third-order valence-electron chi connectivity index (χ3n) is 3.88. The van der Waals surface area contributed by atoms with Gasteiger partial charge in [-0.2, -0.15) is 0 Å². The Labute approximate surface area is 125 Å². The monoisotopic (exact) mass is 293 g/mol. The van der Waals surface area contributed by atoms with E-state index in [9.17, 15) is 9.59 Å². The van der Waals surface area contributed by atoms with Crippen LogP contribution in [0.25, 0.3) is 0 Å². The van der Waals surface area contributed by atoms with Gasteiger partial charge in [-0.25, -0.2) is 4.79 Å². The maximum Gasteiger partial charge on any atom is 0.375 e. The molecule has 1 aliphatic carbocycles.